The zero-order valence-electron chi connectivity index (χ0n) is 20.3. The summed E-state index contributed by atoms with van der Waals surface area (Å²) >= 11 is 0. The van der Waals surface area contributed by atoms with Crippen LogP contribution >= 0.6 is 0 Å². The van der Waals surface area contributed by atoms with E-state index in [0.29, 0.717) is 28.9 Å². The summed E-state index contributed by atoms with van der Waals surface area (Å²) in [5, 5.41) is 10.6. The summed E-state index contributed by atoms with van der Waals surface area (Å²) in [6, 6.07) is 24.3. The van der Waals surface area contributed by atoms with Crippen molar-refractivity contribution in [1.82, 2.24) is 19.5 Å². The highest BCUT2D eigenvalue weighted by Gasteiger charge is 2.17. The molecule has 11 heteroatoms. The molecule has 11 nitrogen and oxygen atoms in total. The average Bonchev–Trinajstić information content (AvgIpc) is 3.65. The summed E-state index contributed by atoms with van der Waals surface area (Å²) in [4.78, 5) is 55.0. The molecular formula is C28H21N5O6. The van der Waals surface area contributed by atoms with E-state index < -0.39 is 11.0 Å². The molecule has 39 heavy (non-hydrogen) atoms. The number of imidazole rings is 2. The molecule has 0 atom stereocenters. The van der Waals surface area contributed by atoms with Crippen molar-refractivity contribution < 1.29 is 24.0 Å². The molecule has 3 aromatic carbocycles. The fourth-order valence-electron chi connectivity index (χ4n) is 3.45. The van der Waals surface area contributed by atoms with Gasteiger partial charge in [-0.05, 0) is 17.7 Å². The van der Waals surface area contributed by atoms with E-state index >= 15 is 0 Å². The molecule has 0 fully saturated rings. The van der Waals surface area contributed by atoms with Crippen LogP contribution in [0.3, 0.4) is 0 Å². The van der Waals surface area contributed by atoms with E-state index in [2.05, 4.69) is 15.0 Å². The number of nitrogens with one attached hydrogen (secondary N) is 1. The van der Waals surface area contributed by atoms with Crippen molar-refractivity contribution in [3.05, 3.63) is 124 Å². The fraction of sp³-hybridized carbons (Fsp3) is 0.0357. The molecule has 5 rings (SSSR count). The number of aromatic nitrogens is 4. The third-order valence-electron chi connectivity index (χ3n) is 5.35. The Morgan fingerprint density at radius 3 is 2.13 bits per heavy atom. The monoisotopic (exact) mass is 523 g/mol. The van der Waals surface area contributed by atoms with Gasteiger partial charge in [-0.1, -0.05) is 60.7 Å². The van der Waals surface area contributed by atoms with E-state index in [1.54, 1.807) is 24.3 Å². The van der Waals surface area contributed by atoms with Gasteiger partial charge in [-0.25, -0.2) is 19.3 Å². The fourth-order valence-corrected chi connectivity index (χ4v) is 3.45. The summed E-state index contributed by atoms with van der Waals surface area (Å²) in [6.07, 6.45) is 3.41. The second-order valence-corrected chi connectivity index (χ2v) is 7.99. The minimum absolute atomic E-state index is 0.0447. The number of rotatable bonds is 7. The molecular weight excluding hydrogens is 502 g/mol. The lowest BCUT2D eigenvalue weighted by atomic mass is 10.2. The highest BCUT2D eigenvalue weighted by Crippen LogP contribution is 2.19. The van der Waals surface area contributed by atoms with E-state index in [-0.39, 0.29) is 18.0 Å². The molecule has 0 saturated carbocycles. The van der Waals surface area contributed by atoms with E-state index in [4.69, 9.17) is 4.74 Å². The molecule has 2 heterocycles. The van der Waals surface area contributed by atoms with Gasteiger partial charge < -0.3 is 9.72 Å². The van der Waals surface area contributed by atoms with E-state index in [1.807, 2.05) is 36.4 Å². The summed E-state index contributed by atoms with van der Waals surface area (Å²) in [5.74, 6) is 1.02. The van der Waals surface area contributed by atoms with Crippen molar-refractivity contribution in [3.63, 3.8) is 0 Å². The molecule has 2 aromatic heterocycles. The van der Waals surface area contributed by atoms with Crippen molar-refractivity contribution >= 4 is 24.4 Å². The second kappa shape index (κ2) is 12.5. The molecule has 5 aromatic rings. The van der Waals surface area contributed by atoms with Crippen LogP contribution in [0.15, 0.2) is 97.3 Å². The van der Waals surface area contributed by atoms with Gasteiger partial charge in [-0.3, -0.25) is 19.7 Å². The topological polar surface area (TPSA) is 150 Å². The van der Waals surface area contributed by atoms with Crippen LogP contribution in [0.2, 0.25) is 0 Å². The Balaban J connectivity index is 0.000000226. The minimum Gasteiger partial charge on any atom is -0.444 e. The Morgan fingerprint density at radius 2 is 1.56 bits per heavy atom. The average molecular weight is 524 g/mol. The second-order valence-electron chi connectivity index (χ2n) is 7.99. The zero-order valence-corrected chi connectivity index (χ0v) is 20.3. The summed E-state index contributed by atoms with van der Waals surface area (Å²) in [6.45, 7) is -0.0698. The highest BCUT2D eigenvalue weighted by atomic mass is 16.6. The molecule has 0 saturated heterocycles. The first-order valence-electron chi connectivity index (χ1n) is 11.5. The largest absolute Gasteiger partial charge is 0.444 e. The quantitative estimate of drug-likeness (QED) is 0.170. The SMILES string of the molecule is O=Cc1cn(C(=O)OCc2ccc([N+](=O)[O-])cc2)c(-c2ccccc2)n1.O=Cc1cnc(-c2ccccc2)[nH]1. The number of H-pyrrole nitrogens is 1. The van der Waals surface area contributed by atoms with Crippen molar-refractivity contribution in [2.75, 3.05) is 0 Å². The molecule has 0 aliphatic carbocycles. The maximum Gasteiger partial charge on any atom is 0.420 e. The Hall–Kier alpha value is -5.71. The van der Waals surface area contributed by atoms with Gasteiger partial charge in [0, 0.05) is 29.5 Å². The number of benzene rings is 3. The molecule has 0 aliphatic rings. The van der Waals surface area contributed by atoms with Crippen LogP contribution in [0.5, 0.6) is 0 Å². The van der Waals surface area contributed by atoms with Gasteiger partial charge in [0.25, 0.3) is 5.69 Å². The molecule has 0 amide bonds. The number of carbonyl (C=O) groups is 3. The molecule has 0 unspecified atom stereocenters. The van der Waals surface area contributed by atoms with Crippen molar-refractivity contribution in [2.45, 2.75) is 6.61 Å². The van der Waals surface area contributed by atoms with E-state index in [1.165, 1.54) is 36.7 Å². The molecule has 1 N–H and O–H groups in total. The van der Waals surface area contributed by atoms with Crippen LogP contribution in [0.4, 0.5) is 10.5 Å². The number of nitro groups is 1. The Bertz CT molecular complexity index is 1580. The predicted molar refractivity (Wildman–Crippen MR) is 141 cm³/mol. The van der Waals surface area contributed by atoms with Gasteiger partial charge in [-0.2, -0.15) is 0 Å². The maximum atomic E-state index is 12.4. The van der Waals surface area contributed by atoms with Crippen molar-refractivity contribution in [2.24, 2.45) is 0 Å². The number of nitrogens with zero attached hydrogens (tertiary/aromatic N) is 4. The number of hydrogen-bond donors (Lipinski definition) is 1. The smallest absolute Gasteiger partial charge is 0.420 e. The predicted octanol–water partition coefficient (Wildman–Crippen LogP) is 5.34. The van der Waals surface area contributed by atoms with Gasteiger partial charge in [0.15, 0.2) is 12.6 Å². The summed E-state index contributed by atoms with van der Waals surface area (Å²) < 4.78 is 6.39. The Morgan fingerprint density at radius 1 is 0.923 bits per heavy atom. The van der Waals surface area contributed by atoms with E-state index in [0.717, 1.165) is 22.2 Å². The van der Waals surface area contributed by atoms with Gasteiger partial charge >= 0.3 is 6.09 Å². The first-order valence-corrected chi connectivity index (χ1v) is 11.5. The van der Waals surface area contributed by atoms with Crippen molar-refractivity contribution in [3.8, 4) is 22.8 Å². The van der Waals surface area contributed by atoms with Crippen LogP contribution in [0.1, 0.15) is 26.5 Å². The lowest BCUT2D eigenvalue weighted by Crippen LogP contribution is -2.14. The summed E-state index contributed by atoms with van der Waals surface area (Å²) in [7, 11) is 0. The van der Waals surface area contributed by atoms with Crippen LogP contribution in [-0.2, 0) is 11.3 Å². The molecule has 0 radical (unpaired) electrons. The zero-order chi connectivity index (χ0) is 27.6. The first kappa shape index (κ1) is 26.4. The van der Waals surface area contributed by atoms with Gasteiger partial charge in [-0.15, -0.1) is 0 Å². The number of hydrogen-bond acceptors (Lipinski definition) is 8. The maximum absolute atomic E-state index is 12.4. The third-order valence-corrected chi connectivity index (χ3v) is 5.35. The number of non-ortho nitro benzene ring substituents is 1. The highest BCUT2D eigenvalue weighted by molar-refractivity contribution is 5.81. The Kier molecular flexibility index (Phi) is 8.45. The first-order chi connectivity index (χ1) is 19.0. The molecule has 194 valence electrons. The minimum atomic E-state index is -0.706. The van der Waals surface area contributed by atoms with Gasteiger partial charge in [0.2, 0.25) is 0 Å². The van der Waals surface area contributed by atoms with Crippen LogP contribution in [-0.4, -0.2) is 43.1 Å². The summed E-state index contributed by atoms with van der Waals surface area (Å²) in [5.41, 5.74) is 2.80. The normalized spacial score (nSPS) is 10.2. The number of nitro benzene ring substituents is 1. The van der Waals surface area contributed by atoms with Crippen molar-refractivity contribution in [1.29, 1.82) is 0 Å². The van der Waals surface area contributed by atoms with Crippen LogP contribution in [0.25, 0.3) is 22.8 Å². The number of aldehydes is 2. The lowest BCUT2D eigenvalue weighted by Gasteiger charge is -2.08. The van der Waals surface area contributed by atoms with E-state index in [9.17, 15) is 24.5 Å². The standard InChI is InChI=1S/C18H13N3O5.C10H8N2O/c22-11-15-10-20(17(19-15)14-4-2-1-3-5-14)18(23)26-12-13-6-8-16(9-7-13)21(24)25;13-7-9-6-11-10(12-9)8-4-2-1-3-5-8/h1-11H,12H2;1-7H,(H,11,12). The number of aromatic amines is 1. The molecule has 0 spiro atoms. The number of carbonyl (C=O) groups excluding carboxylic acids is 3. The third kappa shape index (κ3) is 6.74. The van der Waals surface area contributed by atoms with Gasteiger partial charge in [0.1, 0.15) is 23.9 Å². The number of ether oxygens (including phenoxy) is 1. The lowest BCUT2D eigenvalue weighted by molar-refractivity contribution is -0.384. The van der Waals surface area contributed by atoms with Crippen LogP contribution in [0, 0.1) is 10.1 Å². The molecule has 0 bridgehead atoms. The Labute approximate surface area is 221 Å². The van der Waals surface area contributed by atoms with Crippen LogP contribution < -0.4 is 0 Å². The van der Waals surface area contributed by atoms with Gasteiger partial charge in [0.05, 0.1) is 16.8 Å². The molecule has 0 aliphatic heterocycles.